The van der Waals surface area contributed by atoms with Crippen LogP contribution in [0.15, 0.2) is 48.5 Å². The van der Waals surface area contributed by atoms with E-state index in [4.69, 9.17) is 4.74 Å². The van der Waals surface area contributed by atoms with E-state index >= 15 is 0 Å². The van der Waals surface area contributed by atoms with Crippen LogP contribution in [0.2, 0.25) is 0 Å². The van der Waals surface area contributed by atoms with E-state index in [2.05, 4.69) is 30.2 Å². The van der Waals surface area contributed by atoms with Crippen molar-refractivity contribution in [2.24, 2.45) is 0 Å². The standard InChI is InChI=1S/C30H43N3O4S/c1-9-21-15-17-22(18-16-21)25(26(34)31-23-14-12-11-13-20(23)3)33(30(7,8)10-2)27(35)24(19-38)32-28(36)37-29(4,5)6/h11-18,24-25,38H,9-10,19H2,1-8H3,(H,31,34)(H,32,36). The number of ether oxygens (including phenoxy) is 1. The smallest absolute Gasteiger partial charge is 0.408 e. The zero-order valence-electron chi connectivity index (χ0n) is 23.9. The van der Waals surface area contributed by atoms with Crippen LogP contribution < -0.4 is 10.6 Å². The summed E-state index contributed by atoms with van der Waals surface area (Å²) in [5.74, 6) is -0.717. The number of benzene rings is 2. The van der Waals surface area contributed by atoms with Crippen LogP contribution in [0.3, 0.4) is 0 Å². The third-order valence-corrected chi connectivity index (χ3v) is 6.90. The van der Waals surface area contributed by atoms with Gasteiger partial charge in [-0.25, -0.2) is 4.79 Å². The lowest BCUT2D eigenvalue weighted by molar-refractivity contribution is -0.147. The van der Waals surface area contributed by atoms with Crippen molar-refractivity contribution in [3.63, 3.8) is 0 Å². The SMILES string of the molecule is CCc1ccc(C(C(=O)Nc2ccccc2C)N(C(=O)C(CS)NC(=O)OC(C)(C)C)C(C)(C)CC)cc1. The number of nitrogens with zero attached hydrogens (tertiary/aromatic N) is 1. The Hall–Kier alpha value is -3.00. The molecular formula is C30H43N3O4S. The summed E-state index contributed by atoms with van der Waals surface area (Å²) in [6, 6.07) is 13.3. The number of para-hydroxylation sites is 1. The first kappa shape index (κ1) is 31.2. The van der Waals surface area contributed by atoms with Crippen molar-refractivity contribution in [1.29, 1.82) is 0 Å². The van der Waals surface area contributed by atoms with Crippen molar-refractivity contribution >= 4 is 36.2 Å². The van der Waals surface area contributed by atoms with Crippen molar-refractivity contribution in [3.05, 3.63) is 65.2 Å². The number of carbonyl (C=O) groups excluding carboxylic acids is 3. The minimum atomic E-state index is -0.998. The predicted molar refractivity (Wildman–Crippen MR) is 157 cm³/mol. The van der Waals surface area contributed by atoms with Gasteiger partial charge in [0.25, 0.3) is 5.91 Å². The monoisotopic (exact) mass is 541 g/mol. The molecule has 0 heterocycles. The fourth-order valence-electron chi connectivity index (χ4n) is 4.02. The minimum Gasteiger partial charge on any atom is -0.444 e. The molecule has 2 aromatic carbocycles. The summed E-state index contributed by atoms with van der Waals surface area (Å²) >= 11 is 4.37. The van der Waals surface area contributed by atoms with E-state index in [1.165, 1.54) is 0 Å². The number of alkyl carbamates (subject to hydrolysis) is 1. The maximum Gasteiger partial charge on any atom is 0.408 e. The Bertz CT molecular complexity index is 1110. The van der Waals surface area contributed by atoms with E-state index < -0.39 is 35.2 Å². The highest BCUT2D eigenvalue weighted by Gasteiger charge is 2.43. The van der Waals surface area contributed by atoms with Gasteiger partial charge in [-0.15, -0.1) is 0 Å². The van der Waals surface area contributed by atoms with Crippen LogP contribution >= 0.6 is 12.6 Å². The van der Waals surface area contributed by atoms with E-state index in [9.17, 15) is 14.4 Å². The van der Waals surface area contributed by atoms with Gasteiger partial charge in [-0.2, -0.15) is 12.6 Å². The summed E-state index contributed by atoms with van der Waals surface area (Å²) in [7, 11) is 0. The van der Waals surface area contributed by atoms with Gasteiger partial charge in [0, 0.05) is 17.0 Å². The highest BCUT2D eigenvalue weighted by molar-refractivity contribution is 7.80. The molecule has 208 valence electrons. The number of amides is 3. The maximum atomic E-state index is 14.2. The first-order valence-electron chi connectivity index (χ1n) is 13.1. The largest absolute Gasteiger partial charge is 0.444 e. The van der Waals surface area contributed by atoms with Gasteiger partial charge in [0.15, 0.2) is 0 Å². The molecule has 38 heavy (non-hydrogen) atoms. The molecule has 0 saturated heterocycles. The quantitative estimate of drug-likeness (QED) is 0.318. The molecule has 2 rings (SSSR count). The van der Waals surface area contributed by atoms with E-state index in [-0.39, 0.29) is 11.7 Å². The molecule has 3 amide bonds. The molecule has 2 aromatic rings. The summed E-state index contributed by atoms with van der Waals surface area (Å²) in [5.41, 5.74) is 1.93. The van der Waals surface area contributed by atoms with Crippen LogP contribution in [-0.2, 0) is 20.7 Å². The predicted octanol–water partition coefficient (Wildman–Crippen LogP) is 6.08. The Kier molecular flexibility index (Phi) is 10.8. The van der Waals surface area contributed by atoms with Gasteiger partial charge in [-0.05, 0) is 77.1 Å². The number of rotatable bonds is 10. The second kappa shape index (κ2) is 13.2. The molecule has 0 saturated carbocycles. The van der Waals surface area contributed by atoms with Gasteiger partial charge in [-0.3, -0.25) is 9.59 Å². The average molecular weight is 542 g/mol. The van der Waals surface area contributed by atoms with Gasteiger partial charge in [0.05, 0.1) is 0 Å². The lowest BCUT2D eigenvalue weighted by atomic mass is 9.91. The number of carbonyl (C=O) groups is 3. The Balaban J connectivity index is 2.59. The van der Waals surface area contributed by atoms with Crippen LogP contribution in [0.4, 0.5) is 10.5 Å². The Morgan fingerprint density at radius 1 is 0.974 bits per heavy atom. The second-order valence-electron chi connectivity index (χ2n) is 11.1. The fourth-order valence-corrected chi connectivity index (χ4v) is 4.26. The zero-order valence-corrected chi connectivity index (χ0v) is 24.8. The second-order valence-corrected chi connectivity index (χ2v) is 11.4. The Labute approximate surface area is 233 Å². The van der Waals surface area contributed by atoms with Crippen molar-refractivity contribution in [1.82, 2.24) is 10.2 Å². The molecule has 8 heteroatoms. The Morgan fingerprint density at radius 3 is 2.08 bits per heavy atom. The van der Waals surface area contributed by atoms with Gasteiger partial charge in [0.2, 0.25) is 5.91 Å². The molecular weight excluding hydrogens is 498 g/mol. The molecule has 7 nitrogen and oxygen atoms in total. The number of hydrogen-bond acceptors (Lipinski definition) is 5. The number of aryl methyl sites for hydroxylation is 2. The summed E-state index contributed by atoms with van der Waals surface area (Å²) in [6.07, 6.45) is 0.712. The number of anilines is 1. The van der Waals surface area contributed by atoms with Crippen molar-refractivity contribution in [3.8, 4) is 0 Å². The normalized spacial score (nSPS) is 13.3. The van der Waals surface area contributed by atoms with Crippen molar-refractivity contribution in [2.75, 3.05) is 11.1 Å². The van der Waals surface area contributed by atoms with Crippen LogP contribution in [-0.4, -0.2) is 45.7 Å². The van der Waals surface area contributed by atoms with Gasteiger partial charge in [0.1, 0.15) is 17.7 Å². The molecule has 0 radical (unpaired) electrons. The summed E-state index contributed by atoms with van der Waals surface area (Å²) in [5, 5.41) is 5.70. The molecule has 0 aliphatic rings. The number of nitrogens with one attached hydrogen (secondary N) is 2. The molecule has 0 bridgehead atoms. The van der Waals surface area contributed by atoms with Gasteiger partial charge >= 0.3 is 6.09 Å². The molecule has 2 N–H and O–H groups in total. The minimum absolute atomic E-state index is 0.0370. The highest BCUT2D eigenvalue weighted by atomic mass is 32.1. The Morgan fingerprint density at radius 2 is 1.58 bits per heavy atom. The molecule has 0 fully saturated rings. The summed E-state index contributed by atoms with van der Waals surface area (Å²) < 4.78 is 5.39. The lowest BCUT2D eigenvalue weighted by Crippen LogP contribution is -2.59. The van der Waals surface area contributed by atoms with Gasteiger partial charge < -0.3 is 20.3 Å². The average Bonchev–Trinajstić information content (AvgIpc) is 2.85. The first-order chi connectivity index (χ1) is 17.7. The van der Waals surface area contributed by atoms with Crippen LogP contribution in [0.25, 0.3) is 0 Å². The zero-order chi connectivity index (χ0) is 28.7. The van der Waals surface area contributed by atoms with E-state index in [0.717, 1.165) is 17.5 Å². The first-order valence-corrected chi connectivity index (χ1v) is 13.8. The van der Waals surface area contributed by atoms with Crippen LogP contribution in [0.1, 0.15) is 77.6 Å². The van der Waals surface area contributed by atoms with E-state index in [1.807, 2.05) is 76.2 Å². The summed E-state index contributed by atoms with van der Waals surface area (Å²) in [4.78, 5) is 42.3. The van der Waals surface area contributed by atoms with Crippen LogP contribution in [0.5, 0.6) is 0 Å². The molecule has 2 unspecified atom stereocenters. The summed E-state index contributed by atoms with van der Waals surface area (Å²) in [6.45, 7) is 15.0. The maximum absolute atomic E-state index is 14.2. The van der Waals surface area contributed by atoms with E-state index in [0.29, 0.717) is 17.7 Å². The van der Waals surface area contributed by atoms with Crippen molar-refractivity contribution in [2.45, 2.75) is 91.5 Å². The molecule has 0 aliphatic heterocycles. The molecule has 2 atom stereocenters. The number of hydrogen-bond donors (Lipinski definition) is 3. The van der Waals surface area contributed by atoms with Gasteiger partial charge in [-0.1, -0.05) is 56.3 Å². The van der Waals surface area contributed by atoms with Crippen molar-refractivity contribution < 1.29 is 19.1 Å². The van der Waals surface area contributed by atoms with Crippen LogP contribution in [0, 0.1) is 6.92 Å². The topological polar surface area (TPSA) is 87.7 Å². The molecule has 0 aliphatic carbocycles. The van der Waals surface area contributed by atoms with E-state index in [1.54, 1.807) is 25.7 Å². The number of thiol groups is 1. The third-order valence-electron chi connectivity index (χ3n) is 6.54. The highest BCUT2D eigenvalue weighted by Crippen LogP contribution is 2.33. The molecule has 0 spiro atoms. The molecule has 0 aromatic heterocycles. The third kappa shape index (κ3) is 8.25. The fraction of sp³-hybridized carbons (Fsp3) is 0.500. The lowest BCUT2D eigenvalue weighted by Gasteiger charge is -2.44.